The third-order valence-corrected chi connectivity index (χ3v) is 4.70. The Bertz CT molecular complexity index is 774. The molecule has 0 aliphatic carbocycles. The minimum absolute atomic E-state index is 0.126. The molecule has 7 nitrogen and oxygen atoms in total. The van der Waals surface area contributed by atoms with Crippen molar-refractivity contribution in [3.63, 3.8) is 0 Å². The van der Waals surface area contributed by atoms with Gasteiger partial charge in [0.2, 0.25) is 5.91 Å². The van der Waals surface area contributed by atoms with Gasteiger partial charge in [-0.25, -0.2) is 9.89 Å². The van der Waals surface area contributed by atoms with E-state index in [-0.39, 0.29) is 17.3 Å². The van der Waals surface area contributed by atoms with Crippen LogP contribution in [0.1, 0.15) is 23.1 Å². The Balaban J connectivity index is 1.98. The Kier molecular flexibility index (Phi) is 6.83. The van der Waals surface area contributed by atoms with Crippen molar-refractivity contribution in [1.29, 1.82) is 0 Å². The Hall–Kier alpha value is -2.06. The number of aromatic amines is 1. The number of nitrogens with zero attached hydrogens (tertiary/aromatic N) is 2. The molecule has 8 heteroatoms. The lowest BCUT2D eigenvalue weighted by Crippen LogP contribution is -2.20. The molecule has 0 fully saturated rings. The average Bonchev–Trinajstić information content (AvgIpc) is 2.89. The molecule has 1 aromatic heterocycles. The molecule has 0 saturated heterocycles. The number of methoxy groups -OCH3 is 1. The second-order valence-electron chi connectivity index (χ2n) is 5.92. The summed E-state index contributed by atoms with van der Waals surface area (Å²) in [6.45, 7) is 7.05. The van der Waals surface area contributed by atoms with E-state index in [1.54, 1.807) is 7.11 Å². The van der Waals surface area contributed by atoms with Crippen LogP contribution in [0.25, 0.3) is 0 Å². The molecule has 2 aromatic rings. The number of carbonyl (C=O) groups is 1. The van der Waals surface area contributed by atoms with Crippen molar-refractivity contribution >= 4 is 23.4 Å². The van der Waals surface area contributed by atoms with Crippen LogP contribution < -0.4 is 11.0 Å². The predicted octanol–water partition coefficient (Wildman–Crippen LogP) is 2.26. The highest BCUT2D eigenvalue weighted by molar-refractivity contribution is 7.99. The molecule has 2 N–H and O–H groups in total. The maximum atomic E-state index is 12.3. The normalized spacial score (nSPS) is 10.9. The van der Waals surface area contributed by atoms with Crippen LogP contribution in [0.2, 0.25) is 0 Å². The number of anilines is 1. The molecule has 0 radical (unpaired) electrons. The fourth-order valence-corrected chi connectivity index (χ4v) is 3.43. The molecule has 0 aliphatic heterocycles. The van der Waals surface area contributed by atoms with Crippen LogP contribution in [0, 0.1) is 20.8 Å². The maximum absolute atomic E-state index is 12.3. The molecular formula is C17H24N4O3S. The first-order valence-electron chi connectivity index (χ1n) is 8.07. The summed E-state index contributed by atoms with van der Waals surface area (Å²) in [5.74, 6) is 0.0559. The molecule has 0 bridgehead atoms. The van der Waals surface area contributed by atoms with E-state index in [1.165, 1.54) is 21.9 Å². The molecule has 0 spiro atoms. The lowest BCUT2D eigenvalue weighted by atomic mass is 10.1. The zero-order chi connectivity index (χ0) is 18.4. The highest BCUT2D eigenvalue weighted by Gasteiger charge is 2.13. The minimum Gasteiger partial charge on any atom is -0.385 e. The predicted molar refractivity (Wildman–Crippen MR) is 99.3 cm³/mol. The molecular weight excluding hydrogens is 340 g/mol. The number of benzene rings is 1. The summed E-state index contributed by atoms with van der Waals surface area (Å²) < 4.78 is 6.53. The summed E-state index contributed by atoms with van der Waals surface area (Å²) >= 11 is 1.24. The van der Waals surface area contributed by atoms with Gasteiger partial charge in [0.15, 0.2) is 5.16 Å². The van der Waals surface area contributed by atoms with E-state index in [2.05, 4.69) is 15.5 Å². The van der Waals surface area contributed by atoms with Crippen molar-refractivity contribution in [3.8, 4) is 0 Å². The van der Waals surface area contributed by atoms with E-state index in [0.717, 1.165) is 16.8 Å². The first-order valence-corrected chi connectivity index (χ1v) is 9.05. The van der Waals surface area contributed by atoms with Crippen LogP contribution in [0.3, 0.4) is 0 Å². The van der Waals surface area contributed by atoms with Crippen LogP contribution in [-0.2, 0) is 16.1 Å². The molecule has 0 unspecified atom stereocenters. The monoisotopic (exact) mass is 364 g/mol. The smallest absolute Gasteiger partial charge is 0.343 e. The number of carbonyl (C=O) groups excluding carboxylic acids is 1. The standard InChI is InChI=1S/C17H24N4O3S/c1-11-8-12(2)15(13(3)9-11)18-14(22)10-25-17-20-19-16(23)21(17)6-5-7-24-4/h8-9H,5-7,10H2,1-4H3,(H,18,22)(H,19,23). The number of H-pyrrole nitrogens is 1. The molecule has 136 valence electrons. The number of rotatable bonds is 8. The first-order chi connectivity index (χ1) is 11.9. The summed E-state index contributed by atoms with van der Waals surface area (Å²) in [4.78, 5) is 24.1. The fraction of sp³-hybridized carbons (Fsp3) is 0.471. The molecule has 1 heterocycles. The van der Waals surface area contributed by atoms with E-state index in [1.807, 2.05) is 32.9 Å². The van der Waals surface area contributed by atoms with Gasteiger partial charge in [-0.15, -0.1) is 5.10 Å². The molecule has 1 amide bonds. The average molecular weight is 364 g/mol. The van der Waals surface area contributed by atoms with Gasteiger partial charge in [0.25, 0.3) is 0 Å². The quantitative estimate of drug-likeness (QED) is 0.554. The minimum atomic E-state index is -0.274. The Morgan fingerprint density at radius 2 is 2.00 bits per heavy atom. The van der Waals surface area contributed by atoms with Crippen molar-refractivity contribution in [3.05, 3.63) is 39.3 Å². The number of aryl methyl sites for hydroxylation is 3. The van der Waals surface area contributed by atoms with Gasteiger partial charge in [-0.3, -0.25) is 9.36 Å². The van der Waals surface area contributed by atoms with Crippen LogP contribution in [0.15, 0.2) is 22.1 Å². The van der Waals surface area contributed by atoms with Gasteiger partial charge in [0, 0.05) is 25.9 Å². The molecule has 0 aliphatic rings. The lowest BCUT2D eigenvalue weighted by Gasteiger charge is -2.12. The molecule has 0 atom stereocenters. The molecule has 2 rings (SSSR count). The number of thioether (sulfide) groups is 1. The Morgan fingerprint density at radius 1 is 1.32 bits per heavy atom. The van der Waals surface area contributed by atoms with E-state index < -0.39 is 0 Å². The van der Waals surface area contributed by atoms with Gasteiger partial charge in [-0.05, 0) is 38.3 Å². The highest BCUT2D eigenvalue weighted by Crippen LogP contribution is 2.22. The van der Waals surface area contributed by atoms with Crippen molar-refractivity contribution in [1.82, 2.24) is 14.8 Å². The van der Waals surface area contributed by atoms with Crippen molar-refractivity contribution < 1.29 is 9.53 Å². The van der Waals surface area contributed by atoms with Crippen molar-refractivity contribution in [2.45, 2.75) is 38.9 Å². The first kappa shape index (κ1) is 19.3. The SMILES string of the molecule is COCCCn1c(SCC(=O)Nc2c(C)cc(C)cc2C)n[nH]c1=O. The largest absolute Gasteiger partial charge is 0.385 e. The summed E-state index contributed by atoms with van der Waals surface area (Å²) in [6.07, 6.45) is 0.706. The zero-order valence-corrected chi connectivity index (χ0v) is 15.8. The molecule has 0 saturated carbocycles. The van der Waals surface area contributed by atoms with Gasteiger partial charge in [0.1, 0.15) is 0 Å². The summed E-state index contributed by atoms with van der Waals surface area (Å²) in [7, 11) is 1.62. The number of ether oxygens (including phenoxy) is 1. The third-order valence-electron chi connectivity index (χ3n) is 3.73. The van der Waals surface area contributed by atoms with E-state index in [0.29, 0.717) is 24.7 Å². The highest BCUT2D eigenvalue weighted by atomic mass is 32.2. The van der Waals surface area contributed by atoms with Crippen LogP contribution >= 0.6 is 11.8 Å². The van der Waals surface area contributed by atoms with Gasteiger partial charge in [-0.1, -0.05) is 29.5 Å². The fourth-order valence-electron chi connectivity index (χ4n) is 2.66. The van der Waals surface area contributed by atoms with Crippen molar-refractivity contribution in [2.24, 2.45) is 0 Å². The van der Waals surface area contributed by atoms with Crippen LogP contribution in [0.4, 0.5) is 5.69 Å². The lowest BCUT2D eigenvalue weighted by molar-refractivity contribution is -0.113. The Labute approximate surface area is 151 Å². The van der Waals surface area contributed by atoms with Crippen LogP contribution in [-0.4, -0.2) is 40.1 Å². The van der Waals surface area contributed by atoms with E-state index in [9.17, 15) is 9.59 Å². The summed E-state index contributed by atoms with van der Waals surface area (Å²) in [5, 5.41) is 9.87. The number of hydrogen-bond donors (Lipinski definition) is 2. The number of nitrogens with one attached hydrogen (secondary N) is 2. The third kappa shape index (κ3) is 5.20. The van der Waals surface area contributed by atoms with E-state index >= 15 is 0 Å². The molecule has 1 aromatic carbocycles. The second kappa shape index (κ2) is 8.87. The number of amides is 1. The maximum Gasteiger partial charge on any atom is 0.343 e. The summed E-state index contributed by atoms with van der Waals surface area (Å²) in [6, 6.07) is 4.08. The number of aromatic nitrogens is 3. The second-order valence-corrected chi connectivity index (χ2v) is 6.86. The Morgan fingerprint density at radius 3 is 2.64 bits per heavy atom. The van der Waals surface area contributed by atoms with Gasteiger partial charge >= 0.3 is 5.69 Å². The zero-order valence-electron chi connectivity index (χ0n) is 15.0. The summed E-state index contributed by atoms with van der Waals surface area (Å²) in [5.41, 5.74) is 3.80. The van der Waals surface area contributed by atoms with E-state index in [4.69, 9.17) is 4.74 Å². The number of hydrogen-bond acceptors (Lipinski definition) is 5. The topological polar surface area (TPSA) is 89.0 Å². The molecule has 25 heavy (non-hydrogen) atoms. The van der Waals surface area contributed by atoms with Gasteiger partial charge in [-0.2, -0.15) is 0 Å². The van der Waals surface area contributed by atoms with Gasteiger partial charge in [0.05, 0.1) is 5.75 Å². The van der Waals surface area contributed by atoms with Crippen molar-refractivity contribution in [2.75, 3.05) is 24.8 Å². The van der Waals surface area contributed by atoms with Crippen LogP contribution in [0.5, 0.6) is 0 Å². The van der Waals surface area contributed by atoms with Gasteiger partial charge < -0.3 is 10.1 Å².